The Morgan fingerprint density at radius 2 is 2.00 bits per heavy atom. The molecule has 0 spiro atoms. The summed E-state index contributed by atoms with van der Waals surface area (Å²) in [5.41, 5.74) is 0.949. The van der Waals surface area contributed by atoms with Gasteiger partial charge >= 0.3 is 12.1 Å². The van der Waals surface area contributed by atoms with Gasteiger partial charge in [-0.1, -0.05) is 30.3 Å². The molecule has 1 aliphatic heterocycles. The lowest BCUT2D eigenvalue weighted by Crippen LogP contribution is -2.44. The Bertz CT molecular complexity index is 474. The number of amides is 1. The van der Waals surface area contributed by atoms with E-state index in [1.807, 2.05) is 30.3 Å². The Morgan fingerprint density at radius 1 is 1.24 bits per heavy atom. The van der Waals surface area contributed by atoms with E-state index in [-0.39, 0.29) is 25.2 Å². The van der Waals surface area contributed by atoms with Gasteiger partial charge in [0.2, 0.25) is 0 Å². The number of nitrogens with zero attached hydrogens (tertiary/aromatic N) is 1. The fourth-order valence-corrected chi connectivity index (χ4v) is 2.63. The zero-order chi connectivity index (χ0) is 15.1. The first kappa shape index (κ1) is 15.4. The Morgan fingerprint density at radius 3 is 2.71 bits per heavy atom. The monoisotopic (exact) mass is 291 g/mol. The summed E-state index contributed by atoms with van der Waals surface area (Å²) in [6, 6.07) is 9.52. The minimum Gasteiger partial charge on any atom is -0.481 e. The molecule has 1 aliphatic rings. The average Bonchev–Trinajstić information content (AvgIpc) is 2.52. The molecule has 1 saturated heterocycles. The maximum absolute atomic E-state index is 12.2. The van der Waals surface area contributed by atoms with Crippen LogP contribution in [0.3, 0.4) is 0 Å². The molecule has 0 aromatic heterocycles. The van der Waals surface area contributed by atoms with Gasteiger partial charge in [0.25, 0.3) is 0 Å². The molecule has 0 bridgehead atoms. The van der Waals surface area contributed by atoms with Crippen molar-refractivity contribution >= 4 is 12.1 Å². The molecule has 5 nitrogen and oxygen atoms in total. The number of carboxylic acid groups (broad SMARTS) is 1. The van der Waals surface area contributed by atoms with Crippen molar-refractivity contribution in [1.29, 1.82) is 0 Å². The minimum absolute atomic E-state index is 0.0156. The number of carbonyl (C=O) groups excluding carboxylic acids is 1. The van der Waals surface area contributed by atoms with E-state index in [1.54, 1.807) is 4.90 Å². The van der Waals surface area contributed by atoms with Gasteiger partial charge < -0.3 is 14.7 Å². The number of piperidine rings is 1. The number of hydrogen-bond acceptors (Lipinski definition) is 3. The first-order valence-electron chi connectivity index (χ1n) is 7.36. The molecule has 0 aliphatic carbocycles. The van der Waals surface area contributed by atoms with Gasteiger partial charge in [-0.05, 0) is 31.2 Å². The smallest absolute Gasteiger partial charge is 0.410 e. The van der Waals surface area contributed by atoms with Crippen LogP contribution in [-0.4, -0.2) is 34.7 Å². The first-order chi connectivity index (χ1) is 10.2. The zero-order valence-electron chi connectivity index (χ0n) is 12.0. The van der Waals surface area contributed by atoms with Gasteiger partial charge in [-0.2, -0.15) is 0 Å². The number of rotatable bonds is 5. The van der Waals surface area contributed by atoms with Gasteiger partial charge in [-0.15, -0.1) is 0 Å². The van der Waals surface area contributed by atoms with E-state index in [0.717, 1.165) is 24.8 Å². The fraction of sp³-hybridized carbons (Fsp3) is 0.500. The summed E-state index contributed by atoms with van der Waals surface area (Å²) in [7, 11) is 0. The number of likely N-dealkylation sites (tertiary alicyclic amines) is 1. The highest BCUT2D eigenvalue weighted by atomic mass is 16.6. The van der Waals surface area contributed by atoms with Gasteiger partial charge in [-0.25, -0.2) is 4.79 Å². The van der Waals surface area contributed by atoms with Crippen molar-refractivity contribution in [2.75, 3.05) is 6.54 Å². The second kappa shape index (κ2) is 7.67. The Balaban J connectivity index is 1.87. The van der Waals surface area contributed by atoms with Crippen LogP contribution in [0.2, 0.25) is 0 Å². The van der Waals surface area contributed by atoms with Crippen molar-refractivity contribution in [2.45, 2.75) is 44.8 Å². The number of aliphatic carboxylic acids is 1. The average molecular weight is 291 g/mol. The quantitative estimate of drug-likeness (QED) is 0.905. The lowest BCUT2D eigenvalue weighted by atomic mass is 9.98. The lowest BCUT2D eigenvalue weighted by molar-refractivity contribution is -0.137. The number of hydrogen-bond donors (Lipinski definition) is 1. The third-order valence-corrected chi connectivity index (χ3v) is 3.76. The fourth-order valence-electron chi connectivity index (χ4n) is 2.63. The van der Waals surface area contributed by atoms with E-state index < -0.39 is 5.97 Å². The van der Waals surface area contributed by atoms with Crippen molar-refractivity contribution in [1.82, 2.24) is 4.90 Å². The molecule has 2 rings (SSSR count). The maximum Gasteiger partial charge on any atom is 0.410 e. The third kappa shape index (κ3) is 4.77. The SMILES string of the molecule is O=C(O)CCC1CCCCN1C(=O)OCc1ccccc1. The Labute approximate surface area is 124 Å². The van der Waals surface area contributed by atoms with Crippen LogP contribution in [0.1, 0.15) is 37.7 Å². The summed E-state index contributed by atoms with van der Waals surface area (Å²) < 4.78 is 5.34. The Hall–Kier alpha value is -2.04. The number of carbonyl (C=O) groups is 2. The summed E-state index contributed by atoms with van der Waals surface area (Å²) in [6.45, 7) is 0.903. The summed E-state index contributed by atoms with van der Waals surface area (Å²) in [5.74, 6) is -0.821. The molecular weight excluding hydrogens is 270 g/mol. The van der Waals surface area contributed by atoms with Gasteiger partial charge in [0.15, 0.2) is 0 Å². The summed E-state index contributed by atoms with van der Waals surface area (Å²) in [4.78, 5) is 24.6. The molecule has 1 fully saturated rings. The zero-order valence-corrected chi connectivity index (χ0v) is 12.0. The van der Waals surface area contributed by atoms with Crippen LogP contribution in [0.15, 0.2) is 30.3 Å². The highest BCUT2D eigenvalue weighted by Crippen LogP contribution is 2.22. The van der Waals surface area contributed by atoms with Crippen molar-refractivity contribution in [3.8, 4) is 0 Å². The van der Waals surface area contributed by atoms with Crippen LogP contribution in [0, 0.1) is 0 Å². The highest BCUT2D eigenvalue weighted by Gasteiger charge is 2.28. The standard InChI is InChI=1S/C16H21NO4/c18-15(19)10-9-14-8-4-5-11-17(14)16(20)21-12-13-6-2-1-3-7-13/h1-3,6-7,14H,4-5,8-12H2,(H,18,19). The Kier molecular flexibility index (Phi) is 5.60. The van der Waals surface area contributed by atoms with Gasteiger partial charge in [0.05, 0.1) is 0 Å². The predicted molar refractivity (Wildman–Crippen MR) is 77.8 cm³/mol. The van der Waals surface area contributed by atoms with Crippen LogP contribution in [0.5, 0.6) is 0 Å². The molecule has 0 saturated carbocycles. The normalized spacial score (nSPS) is 18.3. The third-order valence-electron chi connectivity index (χ3n) is 3.76. The molecule has 21 heavy (non-hydrogen) atoms. The largest absolute Gasteiger partial charge is 0.481 e. The number of benzene rings is 1. The van der Waals surface area contributed by atoms with Crippen molar-refractivity contribution in [2.24, 2.45) is 0 Å². The van der Waals surface area contributed by atoms with Crippen LogP contribution in [0.4, 0.5) is 4.79 Å². The predicted octanol–water partition coefficient (Wildman–Crippen LogP) is 3.04. The molecule has 1 aromatic carbocycles. The first-order valence-corrected chi connectivity index (χ1v) is 7.36. The van der Waals surface area contributed by atoms with Crippen molar-refractivity contribution in [3.63, 3.8) is 0 Å². The van der Waals surface area contributed by atoms with Crippen molar-refractivity contribution < 1.29 is 19.4 Å². The molecule has 1 atom stereocenters. The van der Waals surface area contributed by atoms with Gasteiger partial charge in [-0.3, -0.25) is 4.79 Å². The van der Waals surface area contributed by atoms with E-state index in [1.165, 1.54) is 0 Å². The molecule has 1 unspecified atom stereocenters. The topological polar surface area (TPSA) is 66.8 Å². The summed E-state index contributed by atoms with van der Waals surface area (Å²) >= 11 is 0. The van der Waals surface area contributed by atoms with Gasteiger partial charge in [0, 0.05) is 19.0 Å². The molecular formula is C16H21NO4. The van der Waals surface area contributed by atoms with E-state index in [4.69, 9.17) is 9.84 Å². The van der Waals surface area contributed by atoms with E-state index in [9.17, 15) is 9.59 Å². The second-order valence-electron chi connectivity index (χ2n) is 5.32. The van der Waals surface area contributed by atoms with Gasteiger partial charge in [0.1, 0.15) is 6.61 Å². The molecule has 1 aromatic rings. The van der Waals surface area contributed by atoms with Crippen LogP contribution < -0.4 is 0 Å². The van der Waals surface area contributed by atoms with Crippen molar-refractivity contribution in [3.05, 3.63) is 35.9 Å². The molecule has 0 radical (unpaired) electrons. The number of carboxylic acids is 1. The van der Waals surface area contributed by atoms with E-state index in [2.05, 4.69) is 0 Å². The molecule has 1 amide bonds. The molecule has 5 heteroatoms. The van der Waals surface area contributed by atoms with E-state index >= 15 is 0 Å². The summed E-state index contributed by atoms with van der Waals surface area (Å²) in [6.07, 6.45) is 3.09. The van der Waals surface area contributed by atoms with Crippen LogP contribution in [0.25, 0.3) is 0 Å². The second-order valence-corrected chi connectivity index (χ2v) is 5.32. The van der Waals surface area contributed by atoms with E-state index in [0.29, 0.717) is 13.0 Å². The lowest BCUT2D eigenvalue weighted by Gasteiger charge is -2.34. The minimum atomic E-state index is -0.821. The molecule has 1 heterocycles. The summed E-state index contributed by atoms with van der Waals surface area (Å²) in [5, 5.41) is 8.79. The van der Waals surface area contributed by atoms with Crippen LogP contribution in [-0.2, 0) is 16.1 Å². The van der Waals surface area contributed by atoms with Crippen LogP contribution >= 0.6 is 0 Å². The maximum atomic E-state index is 12.2. The molecule has 1 N–H and O–H groups in total. The highest BCUT2D eigenvalue weighted by molar-refractivity contribution is 5.69. The number of ether oxygens (including phenoxy) is 1. The molecule has 114 valence electrons.